The lowest BCUT2D eigenvalue weighted by molar-refractivity contribution is -0.141. The van der Waals surface area contributed by atoms with Crippen LogP contribution in [0.4, 0.5) is 19.1 Å². The molecule has 0 saturated carbocycles. The lowest BCUT2D eigenvalue weighted by atomic mass is 10.2. The molecule has 3 rings (SSSR count). The largest absolute Gasteiger partial charge is 0.433 e. The van der Waals surface area contributed by atoms with Gasteiger partial charge in [-0.3, -0.25) is 9.58 Å². The van der Waals surface area contributed by atoms with Crippen LogP contribution in [0.3, 0.4) is 0 Å². The second-order valence-corrected chi connectivity index (χ2v) is 5.97. The number of alkyl halides is 3. The van der Waals surface area contributed by atoms with Gasteiger partial charge >= 0.3 is 6.18 Å². The second kappa shape index (κ2) is 6.39. The number of hydrogen-bond donors (Lipinski definition) is 0. The van der Waals surface area contributed by atoms with Crippen LogP contribution in [0, 0.1) is 0 Å². The first-order valence-electron chi connectivity index (χ1n) is 7.67. The highest BCUT2D eigenvalue weighted by molar-refractivity contribution is 5.32. The van der Waals surface area contributed by atoms with E-state index < -0.39 is 11.9 Å². The Morgan fingerprint density at radius 3 is 2.75 bits per heavy atom. The van der Waals surface area contributed by atoms with Gasteiger partial charge in [0.05, 0.1) is 5.69 Å². The molecule has 2 aromatic rings. The van der Waals surface area contributed by atoms with Crippen molar-refractivity contribution in [2.75, 3.05) is 25.0 Å². The third-order valence-corrected chi connectivity index (χ3v) is 4.35. The summed E-state index contributed by atoms with van der Waals surface area (Å²) < 4.78 is 40.2. The average Bonchev–Trinajstić information content (AvgIpc) is 3.16. The molecular weight excluding hydrogens is 321 g/mol. The van der Waals surface area contributed by atoms with Crippen molar-refractivity contribution in [3.63, 3.8) is 0 Å². The molecule has 0 bridgehead atoms. The van der Waals surface area contributed by atoms with Crippen molar-refractivity contribution in [3.05, 3.63) is 35.9 Å². The van der Waals surface area contributed by atoms with Crippen molar-refractivity contribution >= 4 is 5.95 Å². The van der Waals surface area contributed by atoms with Gasteiger partial charge in [0.25, 0.3) is 0 Å². The Hall–Kier alpha value is -2.16. The summed E-state index contributed by atoms with van der Waals surface area (Å²) in [6, 6.07) is 2.94. The van der Waals surface area contributed by atoms with Crippen LogP contribution < -0.4 is 4.90 Å². The highest BCUT2D eigenvalue weighted by atomic mass is 19.4. The minimum absolute atomic E-state index is 0.0849. The van der Waals surface area contributed by atoms with E-state index in [1.807, 2.05) is 17.8 Å². The summed E-state index contributed by atoms with van der Waals surface area (Å²) in [5.41, 5.74) is 0.192. The quantitative estimate of drug-likeness (QED) is 0.851. The Morgan fingerprint density at radius 2 is 2.08 bits per heavy atom. The number of hydrogen-bond acceptors (Lipinski definition) is 5. The van der Waals surface area contributed by atoms with E-state index in [1.54, 1.807) is 18.1 Å². The number of halogens is 3. The highest BCUT2D eigenvalue weighted by Crippen LogP contribution is 2.28. The Bertz CT molecular complexity index is 699. The zero-order valence-corrected chi connectivity index (χ0v) is 13.5. The molecule has 0 amide bonds. The monoisotopic (exact) mass is 340 g/mol. The van der Waals surface area contributed by atoms with Gasteiger partial charge in [-0.15, -0.1) is 0 Å². The Labute approximate surface area is 137 Å². The zero-order chi connectivity index (χ0) is 17.3. The molecule has 9 heteroatoms. The van der Waals surface area contributed by atoms with Gasteiger partial charge in [0, 0.05) is 52.2 Å². The van der Waals surface area contributed by atoms with E-state index in [2.05, 4.69) is 20.0 Å². The first-order chi connectivity index (χ1) is 11.3. The smallest absolute Gasteiger partial charge is 0.340 e. The standard InChI is InChI=1S/C15H19F3N6/c1-22(14-19-6-4-13(21-14)15(16,17)18)11-5-8-24(9-11)10-12-3-7-20-23(12)2/h3-4,6-7,11H,5,8-10H2,1-2H3. The van der Waals surface area contributed by atoms with Gasteiger partial charge in [0.1, 0.15) is 5.69 Å². The van der Waals surface area contributed by atoms with Crippen molar-refractivity contribution in [1.29, 1.82) is 0 Å². The molecule has 1 aliphatic rings. The number of rotatable bonds is 4. The number of likely N-dealkylation sites (tertiary alicyclic amines) is 1. The predicted octanol–water partition coefficient (Wildman–Crippen LogP) is 1.94. The molecule has 1 unspecified atom stereocenters. The number of nitrogens with zero attached hydrogens (tertiary/aromatic N) is 6. The van der Waals surface area contributed by atoms with Crippen LogP contribution in [0.2, 0.25) is 0 Å². The van der Waals surface area contributed by atoms with E-state index >= 15 is 0 Å². The number of likely N-dealkylation sites (N-methyl/N-ethyl adjacent to an activating group) is 1. The predicted molar refractivity (Wildman–Crippen MR) is 82.3 cm³/mol. The third-order valence-electron chi connectivity index (χ3n) is 4.35. The van der Waals surface area contributed by atoms with Gasteiger partial charge in [-0.05, 0) is 18.6 Å². The Morgan fingerprint density at radius 1 is 1.29 bits per heavy atom. The molecule has 0 aromatic carbocycles. The first kappa shape index (κ1) is 16.7. The summed E-state index contributed by atoms with van der Waals surface area (Å²) in [5, 5.41) is 4.15. The first-order valence-corrected chi connectivity index (χ1v) is 7.67. The third kappa shape index (κ3) is 3.50. The topological polar surface area (TPSA) is 50.1 Å². The van der Waals surface area contributed by atoms with Crippen LogP contribution in [0.15, 0.2) is 24.5 Å². The maximum atomic E-state index is 12.8. The normalized spacial score (nSPS) is 19.0. The summed E-state index contributed by atoms with van der Waals surface area (Å²) >= 11 is 0. The highest BCUT2D eigenvalue weighted by Gasteiger charge is 2.34. The molecule has 6 nitrogen and oxygen atoms in total. The van der Waals surface area contributed by atoms with Gasteiger partial charge < -0.3 is 4.90 Å². The van der Waals surface area contributed by atoms with E-state index in [1.165, 1.54) is 0 Å². The zero-order valence-electron chi connectivity index (χ0n) is 13.5. The van der Waals surface area contributed by atoms with E-state index in [4.69, 9.17) is 0 Å². The molecule has 3 heterocycles. The van der Waals surface area contributed by atoms with Gasteiger partial charge in [-0.25, -0.2) is 9.97 Å². The summed E-state index contributed by atoms with van der Waals surface area (Å²) in [6.45, 7) is 2.39. The van der Waals surface area contributed by atoms with Crippen LogP contribution >= 0.6 is 0 Å². The Balaban J connectivity index is 1.66. The van der Waals surface area contributed by atoms with Crippen molar-refractivity contribution in [1.82, 2.24) is 24.6 Å². The molecule has 1 aliphatic heterocycles. The molecule has 0 spiro atoms. The summed E-state index contributed by atoms with van der Waals surface area (Å²) in [7, 11) is 3.64. The molecule has 2 aromatic heterocycles. The summed E-state index contributed by atoms with van der Waals surface area (Å²) in [5.74, 6) is 0.109. The van der Waals surface area contributed by atoms with Crippen molar-refractivity contribution in [3.8, 4) is 0 Å². The van der Waals surface area contributed by atoms with Crippen LogP contribution in [-0.2, 0) is 19.8 Å². The van der Waals surface area contributed by atoms with Crippen LogP contribution in [-0.4, -0.2) is 50.8 Å². The molecule has 1 saturated heterocycles. The summed E-state index contributed by atoms with van der Waals surface area (Å²) in [6.07, 6.45) is -0.691. The molecule has 1 atom stereocenters. The fourth-order valence-corrected chi connectivity index (χ4v) is 2.90. The minimum atomic E-state index is -4.46. The SMILES string of the molecule is CN(c1nccc(C(F)(F)F)n1)C1CCN(Cc2ccnn2C)C1. The lowest BCUT2D eigenvalue weighted by Gasteiger charge is -2.25. The van der Waals surface area contributed by atoms with E-state index in [9.17, 15) is 13.2 Å². The maximum Gasteiger partial charge on any atom is 0.433 e. The molecular formula is C15H19F3N6. The molecule has 130 valence electrons. The molecule has 24 heavy (non-hydrogen) atoms. The molecule has 1 fully saturated rings. The molecule has 0 radical (unpaired) electrons. The van der Waals surface area contributed by atoms with E-state index in [0.29, 0.717) is 0 Å². The maximum absolute atomic E-state index is 12.8. The van der Waals surface area contributed by atoms with Crippen molar-refractivity contribution < 1.29 is 13.2 Å². The second-order valence-electron chi connectivity index (χ2n) is 5.97. The number of aromatic nitrogens is 4. The summed E-state index contributed by atoms with van der Waals surface area (Å²) in [4.78, 5) is 11.6. The Kier molecular flexibility index (Phi) is 4.44. The fraction of sp³-hybridized carbons (Fsp3) is 0.533. The van der Waals surface area contributed by atoms with Crippen LogP contribution in [0.1, 0.15) is 17.8 Å². The van der Waals surface area contributed by atoms with E-state index in [-0.39, 0.29) is 12.0 Å². The van der Waals surface area contributed by atoms with E-state index in [0.717, 1.165) is 44.0 Å². The minimum Gasteiger partial charge on any atom is -0.340 e. The van der Waals surface area contributed by atoms with Gasteiger partial charge in [0.15, 0.2) is 0 Å². The van der Waals surface area contributed by atoms with Crippen LogP contribution in [0.5, 0.6) is 0 Å². The lowest BCUT2D eigenvalue weighted by Crippen LogP contribution is -2.36. The fourth-order valence-electron chi connectivity index (χ4n) is 2.90. The average molecular weight is 340 g/mol. The number of aryl methyl sites for hydroxylation is 1. The van der Waals surface area contributed by atoms with Gasteiger partial charge in [0.2, 0.25) is 5.95 Å². The van der Waals surface area contributed by atoms with Crippen molar-refractivity contribution in [2.45, 2.75) is 25.2 Å². The van der Waals surface area contributed by atoms with Crippen molar-refractivity contribution in [2.24, 2.45) is 7.05 Å². The molecule has 0 N–H and O–H groups in total. The van der Waals surface area contributed by atoms with Gasteiger partial charge in [-0.2, -0.15) is 18.3 Å². The van der Waals surface area contributed by atoms with Gasteiger partial charge in [-0.1, -0.05) is 0 Å². The number of anilines is 1. The molecule has 0 aliphatic carbocycles. The van der Waals surface area contributed by atoms with Crippen LogP contribution in [0.25, 0.3) is 0 Å².